The van der Waals surface area contributed by atoms with Gasteiger partial charge in [-0.15, -0.1) is 0 Å². The lowest BCUT2D eigenvalue weighted by Crippen LogP contribution is -2.42. The van der Waals surface area contributed by atoms with Gasteiger partial charge in [-0.2, -0.15) is 0 Å². The predicted octanol–water partition coefficient (Wildman–Crippen LogP) is 9.48. The Balaban J connectivity index is 0.000000237. The van der Waals surface area contributed by atoms with Crippen LogP contribution < -0.4 is 74.1 Å². The third-order valence-corrected chi connectivity index (χ3v) is 22.5. The molecule has 21 N–H and O–H groups in total. The number of anilines is 12. The highest BCUT2D eigenvalue weighted by Crippen LogP contribution is 2.29. The van der Waals surface area contributed by atoms with Crippen LogP contribution in [0.4, 0.5) is 80.3 Å². The van der Waals surface area contributed by atoms with Gasteiger partial charge in [-0.3, -0.25) is 34.6 Å². The fourth-order valence-electron chi connectivity index (χ4n) is 12.8. The van der Waals surface area contributed by atoms with E-state index in [-0.39, 0.29) is 43.2 Å². The number of nitrogen functional groups attached to an aromatic ring is 2. The number of sulfonamides is 3. The number of carboxylic acid groups (broad SMARTS) is 1. The number of nitro groups is 2. The van der Waals surface area contributed by atoms with Crippen LogP contribution in [0.1, 0.15) is 24.1 Å². The molecule has 15 aromatic rings. The summed E-state index contributed by atoms with van der Waals surface area (Å²) in [5.74, 6) is 0.843. The Hall–Kier alpha value is -15.9. The topological polar surface area (TPSA) is 666 Å². The Bertz CT molecular complexity index is 7190. The molecule has 780 valence electrons. The van der Waals surface area contributed by atoms with Crippen molar-refractivity contribution in [3.63, 3.8) is 0 Å². The minimum absolute atomic E-state index is 0. The van der Waals surface area contributed by atoms with E-state index in [0.29, 0.717) is 56.4 Å². The molecule has 6 aromatic heterocycles. The van der Waals surface area contributed by atoms with E-state index in [1.807, 2.05) is 176 Å². The van der Waals surface area contributed by atoms with Gasteiger partial charge < -0.3 is 92.8 Å². The Morgan fingerprint density at radius 2 is 0.673 bits per heavy atom. The fraction of sp³-hybridized carbons (Fsp3) is 0.121. The number of nitrogens with zero attached hydrogens (tertiary/aromatic N) is 8. The maximum Gasteiger partial charge on any atom is 0.488 e. The number of halogens is 2. The molecule has 15 rings (SSSR count). The smallest absolute Gasteiger partial charge is 0.480 e. The first-order chi connectivity index (χ1) is 70.8. The largest absolute Gasteiger partial charge is 0.488 e. The lowest BCUT2D eigenvalue weighted by atomic mass is 9.80. The van der Waals surface area contributed by atoms with E-state index < -0.39 is 104 Å². The number of methoxy groups -OCH3 is 2. The minimum atomic E-state index is -3.61. The second-order valence-electron chi connectivity index (χ2n) is 31.5. The van der Waals surface area contributed by atoms with Gasteiger partial charge in [0.25, 0.3) is 11.4 Å². The van der Waals surface area contributed by atoms with Crippen molar-refractivity contribution in [2.75, 3.05) is 71.0 Å². The Labute approximate surface area is 879 Å². The summed E-state index contributed by atoms with van der Waals surface area (Å²) in [5, 5.41) is 117. The van der Waals surface area contributed by atoms with Crippen molar-refractivity contribution in [3.05, 3.63) is 393 Å². The minimum Gasteiger partial charge on any atom is -0.480 e. The van der Waals surface area contributed by atoms with Crippen LogP contribution in [0.5, 0.6) is 0 Å². The van der Waals surface area contributed by atoms with Crippen LogP contribution in [0.2, 0.25) is 5.15 Å². The molecule has 6 heterocycles. The molecule has 0 saturated heterocycles. The molecular weight excluding hydrogens is 2080 g/mol. The molecule has 0 aliphatic heterocycles. The maximum absolute atomic E-state index is 11.9. The number of pyridine rings is 6. The molecule has 0 aliphatic carbocycles. The number of ether oxygens (including phenoxy) is 2. The third kappa shape index (κ3) is 45.6. The highest BCUT2D eigenvalue weighted by molar-refractivity contribution is 9.10. The number of hydrogen-bond acceptors (Lipinski definition) is 36. The second kappa shape index (κ2) is 61.0. The summed E-state index contributed by atoms with van der Waals surface area (Å²) in [6.07, 6.45) is 12.4. The van der Waals surface area contributed by atoms with E-state index in [2.05, 4.69) is 91.3 Å². The van der Waals surface area contributed by atoms with Gasteiger partial charge in [-0.25, -0.2) is 69.3 Å². The highest BCUT2D eigenvalue weighted by Gasteiger charge is 2.27. The molecule has 51 heteroatoms. The molecule has 150 heavy (non-hydrogen) atoms. The summed E-state index contributed by atoms with van der Waals surface area (Å²) >= 11 is 8.68. The van der Waals surface area contributed by atoms with Gasteiger partial charge in [-0.05, 0) is 226 Å². The van der Waals surface area contributed by atoms with E-state index in [0.717, 1.165) is 109 Å². The summed E-state index contributed by atoms with van der Waals surface area (Å²) in [4.78, 5) is 78.3. The van der Waals surface area contributed by atoms with Crippen LogP contribution in [-0.2, 0) is 73.2 Å². The quantitative estimate of drug-likeness (QED) is 0.00454. The average molecular weight is 2190 g/mol. The zero-order valence-corrected chi connectivity index (χ0v) is 84.7. The van der Waals surface area contributed by atoms with Crippen LogP contribution in [0, 0.1) is 20.2 Å². The van der Waals surface area contributed by atoms with Crippen LogP contribution in [0.3, 0.4) is 0 Å². The van der Waals surface area contributed by atoms with Gasteiger partial charge in [0.15, 0.2) is 0 Å². The van der Waals surface area contributed by atoms with Crippen LogP contribution in [0.25, 0.3) is 22.3 Å². The second-order valence-corrected chi connectivity index (χ2v) is 38.2. The Kier molecular flexibility index (Phi) is 49.3. The van der Waals surface area contributed by atoms with Crippen molar-refractivity contribution < 1.29 is 104 Å². The predicted molar refractivity (Wildman–Crippen MR) is 587 cm³/mol. The monoisotopic (exact) mass is 2180 g/mol. The van der Waals surface area contributed by atoms with Gasteiger partial charge in [0, 0.05) is 69.3 Å². The summed E-state index contributed by atoms with van der Waals surface area (Å²) < 4.78 is 85.0. The van der Waals surface area contributed by atoms with Crippen LogP contribution in [-0.4, -0.2) is 208 Å². The summed E-state index contributed by atoms with van der Waals surface area (Å²) in [6, 6.07) is 87.4. The van der Waals surface area contributed by atoms with E-state index in [9.17, 15) is 65.0 Å². The first-order valence-corrected chi connectivity index (χ1v) is 50.9. The number of esters is 2. The maximum atomic E-state index is 11.9. The van der Waals surface area contributed by atoms with Crippen molar-refractivity contribution in [1.29, 1.82) is 0 Å². The molecular formula is C99H106B4BrClN18O24S3. The molecule has 0 bridgehead atoms. The van der Waals surface area contributed by atoms with Crippen LogP contribution in [0.15, 0.2) is 351 Å². The summed E-state index contributed by atoms with van der Waals surface area (Å²) in [6.45, 7) is 0. The van der Waals surface area contributed by atoms with Gasteiger partial charge in [0.2, 0.25) is 30.1 Å². The normalized spacial score (nSPS) is 11.1. The number of aliphatic carboxylic acids is 1. The zero-order chi connectivity index (χ0) is 109. The van der Waals surface area contributed by atoms with Crippen molar-refractivity contribution in [1.82, 2.24) is 44.1 Å². The zero-order valence-electron chi connectivity index (χ0n) is 79.9. The lowest BCUT2D eigenvalue weighted by molar-refractivity contribution is -0.385. The van der Waals surface area contributed by atoms with Crippen LogP contribution >= 0.6 is 27.5 Å². The number of aromatic nitrogens is 6. The van der Waals surface area contributed by atoms with Crippen molar-refractivity contribution in [2.24, 2.45) is 0 Å². The molecule has 0 saturated carbocycles. The van der Waals surface area contributed by atoms with Gasteiger partial charge >= 0.3 is 46.4 Å². The van der Waals surface area contributed by atoms with E-state index in [1.54, 1.807) is 128 Å². The average Bonchev–Trinajstić information content (AvgIpc) is 0.840. The summed E-state index contributed by atoms with van der Waals surface area (Å²) in [5.41, 5.74) is 23.7. The van der Waals surface area contributed by atoms with E-state index >= 15 is 0 Å². The summed E-state index contributed by atoms with van der Waals surface area (Å²) in [7, 11) is -14.1. The number of rotatable bonds is 33. The third-order valence-electron chi connectivity index (χ3n) is 19.7. The number of benzene rings is 9. The first kappa shape index (κ1) is 121. The molecule has 42 nitrogen and oxygen atoms in total. The standard InChI is InChI=1S/C22H23N3O4S.C21H21N3O4S.C11H10BN3O4.C11H12BN3O2.C11H11BN2O2.C11H14BrNO4S.C6H8BNO2.C5H3ClN2O2.CH4/c1-29-22(26)20(25-30(2,27)28)14-16-9-11-17(12-10-16)18-6-5-7-19(15-18)24-21-8-3-4-13-23-21;1-29(27,28)24-19(21(25)26)13-15-8-10-16(11-9-15)17-5-4-6-18(14-17)23-20-7-2-3-12-22-20;16-12(17)8-2-1-3-9(6-8)14-11-5-4-10(7-13-11)15(18)19;13-9-4-5-11(14-7-9)15-10-3-1-2-8(6-10)12(16)17;15-12(16)9-4-3-5-10(8-9)14-11-6-1-2-7-13-11;1-17-11(14)10(13-18(2,15)16)7-8-3-5-9(12)6-4-8;8-6-3-1-2-5(4-6)7(9)10;6-5-2-1-4(3-7-5)8(9)10;/h3-13,15,20,25H,14H2,1-2H3,(H,23,24);2-12,14,19,24H,13H2,1H3,(H,22,23)(H,25,26);1-7,16-17H,(H,13,14);1-7,16-17H,13H2,(H,14,15);1-8,15-16H,(H,13,14);3-6,10,13H,7H2,1-2H3;1-4,9-10H,8H2;1-3H;1H4/t20-;19-;;;;10-;;;/m00...0.../s1. The lowest BCUT2D eigenvalue weighted by Gasteiger charge is -2.15. The van der Waals surface area contributed by atoms with Crippen molar-refractivity contribution in [2.45, 2.75) is 44.8 Å². The Morgan fingerprint density at radius 1 is 0.367 bits per heavy atom. The molecule has 0 fully saturated rings. The highest BCUT2D eigenvalue weighted by atomic mass is 79.9. The van der Waals surface area contributed by atoms with Crippen molar-refractivity contribution >= 4 is 206 Å². The number of carbonyl (C=O) groups excluding carboxylic acids is 2. The van der Waals surface area contributed by atoms with Gasteiger partial charge in [-0.1, -0.05) is 187 Å². The number of hydrogen-bond donors (Lipinski definition) is 19. The number of carboxylic acids is 1. The molecule has 0 radical (unpaired) electrons. The molecule has 0 unspecified atom stereocenters. The van der Waals surface area contributed by atoms with E-state index in [4.69, 9.17) is 68.0 Å². The first-order valence-electron chi connectivity index (χ1n) is 44.0. The SMILES string of the molecule is C.COC(=O)[C@H](Cc1ccc(-c2cccc(Nc3ccccn3)c2)cc1)NS(C)(=O)=O.COC(=O)[C@H](Cc1ccc(Br)cc1)NS(C)(=O)=O.CS(=O)(=O)N[C@@H](Cc1ccc(-c2cccc(Nc3ccccn3)c2)cc1)C(=O)O.Nc1ccc(Nc2cccc(B(O)O)c2)nc1.Nc1cccc(B(O)O)c1.O=[N+]([O-])c1ccc(Cl)nc1.O=[N+]([O-])c1ccc(Nc2cccc(B(O)O)c2)nc1.OB(O)c1cccc(Nc2ccccn2)c1. The molecule has 0 spiro atoms. The van der Waals surface area contributed by atoms with Gasteiger partial charge in [0.05, 0.1) is 54.7 Å². The number of carbonyl (C=O) groups is 3. The van der Waals surface area contributed by atoms with Gasteiger partial charge in [0.1, 0.15) is 64.8 Å². The van der Waals surface area contributed by atoms with E-state index in [1.165, 1.54) is 44.6 Å². The molecule has 0 aliphatic rings. The Morgan fingerprint density at radius 3 is 0.960 bits per heavy atom. The molecule has 3 atom stereocenters. The van der Waals surface area contributed by atoms with Crippen molar-refractivity contribution in [3.8, 4) is 22.3 Å². The number of nitrogens with one attached hydrogen (secondary N) is 8. The number of nitrogens with two attached hydrogens (primary N) is 2. The molecule has 0 amide bonds. The fourth-order valence-corrected chi connectivity index (χ4v) is 15.2. The molecule has 9 aromatic carbocycles.